The smallest absolute Gasteiger partial charge is 0.215 e. The lowest BCUT2D eigenvalue weighted by molar-refractivity contribution is 0.0657. The van der Waals surface area contributed by atoms with E-state index >= 15 is 0 Å². The van der Waals surface area contributed by atoms with Gasteiger partial charge < -0.3 is 9.84 Å². The van der Waals surface area contributed by atoms with Gasteiger partial charge in [-0.25, -0.2) is 13.1 Å². The maximum absolute atomic E-state index is 12.2. The second-order valence-corrected chi connectivity index (χ2v) is 8.47. The van der Waals surface area contributed by atoms with Gasteiger partial charge >= 0.3 is 0 Å². The van der Waals surface area contributed by atoms with Crippen LogP contribution < -0.4 is 9.46 Å². The fraction of sp³-hybridized carbons (Fsp3) is 0.333. The average molecular weight is 384 g/mol. The van der Waals surface area contributed by atoms with Crippen LogP contribution in [0.4, 0.5) is 0 Å². The molecule has 0 spiro atoms. The molecule has 7 heteroatoms. The van der Waals surface area contributed by atoms with Crippen molar-refractivity contribution in [3.05, 3.63) is 64.7 Å². The van der Waals surface area contributed by atoms with Crippen molar-refractivity contribution in [3.63, 3.8) is 0 Å². The SMILES string of the molecule is COc1ccc(CC(C)(O)CNS(=O)(=O)Cc2ccc(Cl)cc2)cc1. The fourth-order valence-electron chi connectivity index (χ4n) is 2.36. The lowest BCUT2D eigenvalue weighted by Crippen LogP contribution is -2.42. The molecule has 0 aliphatic carbocycles. The summed E-state index contributed by atoms with van der Waals surface area (Å²) in [6.07, 6.45) is 0.320. The van der Waals surface area contributed by atoms with Crippen molar-refractivity contribution in [1.29, 1.82) is 0 Å². The van der Waals surface area contributed by atoms with Crippen LogP contribution in [0.15, 0.2) is 48.5 Å². The molecule has 0 saturated heterocycles. The van der Waals surface area contributed by atoms with E-state index in [1.807, 2.05) is 12.1 Å². The van der Waals surface area contributed by atoms with Crippen LogP contribution in [0.2, 0.25) is 5.02 Å². The Morgan fingerprint density at radius 1 is 1.08 bits per heavy atom. The first-order valence-corrected chi connectivity index (χ1v) is 9.79. The maximum atomic E-state index is 12.2. The number of rotatable bonds is 8. The fourth-order valence-corrected chi connectivity index (χ4v) is 3.75. The lowest BCUT2D eigenvalue weighted by atomic mass is 9.97. The third-order valence-corrected chi connectivity index (χ3v) is 5.24. The molecular weight excluding hydrogens is 362 g/mol. The zero-order chi connectivity index (χ0) is 18.5. The summed E-state index contributed by atoms with van der Waals surface area (Å²) in [7, 11) is -1.97. The van der Waals surface area contributed by atoms with Crippen LogP contribution in [0.25, 0.3) is 0 Å². The van der Waals surface area contributed by atoms with Crippen molar-refractivity contribution < 1.29 is 18.3 Å². The predicted molar refractivity (Wildman–Crippen MR) is 99.4 cm³/mol. The standard InChI is InChI=1S/C18H22ClNO4S/c1-18(21,11-14-5-9-17(24-2)10-6-14)13-20-25(22,23)12-15-3-7-16(19)8-4-15/h3-10,20-21H,11-13H2,1-2H3. The van der Waals surface area contributed by atoms with Crippen molar-refractivity contribution in [2.45, 2.75) is 24.7 Å². The number of nitrogens with one attached hydrogen (secondary N) is 1. The summed E-state index contributed by atoms with van der Waals surface area (Å²) in [6, 6.07) is 13.9. The molecule has 5 nitrogen and oxygen atoms in total. The molecule has 2 N–H and O–H groups in total. The Kier molecular flexibility index (Phi) is 6.46. The zero-order valence-corrected chi connectivity index (χ0v) is 15.8. The van der Waals surface area contributed by atoms with Crippen LogP contribution in [-0.2, 0) is 22.2 Å². The van der Waals surface area contributed by atoms with E-state index in [-0.39, 0.29) is 12.3 Å². The van der Waals surface area contributed by atoms with Gasteiger partial charge in [-0.15, -0.1) is 0 Å². The Morgan fingerprint density at radius 3 is 2.20 bits per heavy atom. The third-order valence-electron chi connectivity index (χ3n) is 3.69. The molecule has 0 heterocycles. The Hall–Kier alpha value is -1.60. The van der Waals surface area contributed by atoms with Crippen LogP contribution in [0.5, 0.6) is 5.75 Å². The summed E-state index contributed by atoms with van der Waals surface area (Å²) in [5, 5.41) is 11.0. The topological polar surface area (TPSA) is 75.6 Å². The normalized spacial score (nSPS) is 14.1. The minimum atomic E-state index is -3.56. The van der Waals surface area contributed by atoms with Crippen molar-refractivity contribution in [2.24, 2.45) is 0 Å². The highest BCUT2D eigenvalue weighted by Crippen LogP contribution is 2.17. The Bertz CT molecular complexity index is 787. The van der Waals surface area contributed by atoms with E-state index < -0.39 is 15.6 Å². The van der Waals surface area contributed by atoms with Gasteiger partial charge in [-0.05, 0) is 42.3 Å². The largest absolute Gasteiger partial charge is 0.497 e. The monoisotopic (exact) mass is 383 g/mol. The van der Waals surface area contributed by atoms with E-state index in [0.29, 0.717) is 17.0 Å². The van der Waals surface area contributed by atoms with Gasteiger partial charge in [0.2, 0.25) is 10.0 Å². The van der Waals surface area contributed by atoms with Crippen LogP contribution in [0.1, 0.15) is 18.1 Å². The maximum Gasteiger partial charge on any atom is 0.215 e. The number of hydrogen-bond acceptors (Lipinski definition) is 4. The van der Waals surface area contributed by atoms with E-state index in [0.717, 1.165) is 11.3 Å². The van der Waals surface area contributed by atoms with E-state index in [1.165, 1.54) is 0 Å². The molecule has 2 aromatic carbocycles. The van der Waals surface area contributed by atoms with Crippen molar-refractivity contribution in [2.75, 3.05) is 13.7 Å². The highest BCUT2D eigenvalue weighted by Gasteiger charge is 2.24. The van der Waals surface area contributed by atoms with E-state index in [2.05, 4.69) is 4.72 Å². The number of benzene rings is 2. The van der Waals surface area contributed by atoms with Gasteiger partial charge in [-0.1, -0.05) is 35.9 Å². The van der Waals surface area contributed by atoms with Gasteiger partial charge in [0.25, 0.3) is 0 Å². The highest BCUT2D eigenvalue weighted by molar-refractivity contribution is 7.88. The molecule has 0 saturated carbocycles. The van der Waals surface area contributed by atoms with E-state index in [1.54, 1.807) is 50.4 Å². The molecule has 25 heavy (non-hydrogen) atoms. The number of hydrogen-bond donors (Lipinski definition) is 2. The van der Waals surface area contributed by atoms with Crippen LogP contribution in [0.3, 0.4) is 0 Å². The molecule has 0 amide bonds. The van der Waals surface area contributed by atoms with Gasteiger partial charge in [-0.3, -0.25) is 0 Å². The average Bonchev–Trinajstić information content (AvgIpc) is 2.56. The Labute approximate surface area is 153 Å². The molecule has 0 fully saturated rings. The number of ether oxygens (including phenoxy) is 1. The van der Waals surface area contributed by atoms with Crippen molar-refractivity contribution in [3.8, 4) is 5.75 Å². The molecule has 2 aromatic rings. The number of sulfonamides is 1. The Morgan fingerprint density at radius 2 is 1.64 bits per heavy atom. The highest BCUT2D eigenvalue weighted by atomic mass is 35.5. The number of halogens is 1. The van der Waals surface area contributed by atoms with Gasteiger partial charge in [0.15, 0.2) is 0 Å². The van der Waals surface area contributed by atoms with E-state index in [4.69, 9.17) is 16.3 Å². The first kappa shape index (κ1) is 19.7. The van der Waals surface area contributed by atoms with Gasteiger partial charge in [0, 0.05) is 18.0 Å². The molecule has 0 bridgehead atoms. The second-order valence-electron chi connectivity index (χ2n) is 6.23. The van der Waals surface area contributed by atoms with Gasteiger partial charge in [0.1, 0.15) is 5.75 Å². The molecule has 0 aliphatic heterocycles. The minimum absolute atomic E-state index is 0.0745. The molecule has 136 valence electrons. The summed E-state index contributed by atoms with van der Waals surface area (Å²) in [4.78, 5) is 0. The molecule has 0 radical (unpaired) electrons. The zero-order valence-electron chi connectivity index (χ0n) is 14.2. The summed E-state index contributed by atoms with van der Waals surface area (Å²) in [6.45, 7) is 1.52. The van der Waals surface area contributed by atoms with Crippen molar-refractivity contribution >= 4 is 21.6 Å². The van der Waals surface area contributed by atoms with Crippen LogP contribution >= 0.6 is 11.6 Å². The number of aliphatic hydroxyl groups is 1. The van der Waals surface area contributed by atoms with E-state index in [9.17, 15) is 13.5 Å². The predicted octanol–water partition coefficient (Wildman–Crippen LogP) is 2.76. The van der Waals surface area contributed by atoms with Gasteiger partial charge in [-0.2, -0.15) is 0 Å². The summed E-state index contributed by atoms with van der Waals surface area (Å²) in [5.74, 6) is 0.565. The number of methoxy groups -OCH3 is 1. The molecule has 2 rings (SSSR count). The molecule has 1 atom stereocenters. The second kappa shape index (κ2) is 8.19. The first-order valence-electron chi connectivity index (χ1n) is 7.76. The summed E-state index contributed by atoms with van der Waals surface area (Å²) < 4.78 is 32.0. The Balaban J connectivity index is 1.93. The van der Waals surface area contributed by atoms with Crippen LogP contribution in [-0.4, -0.2) is 32.8 Å². The molecule has 0 aliphatic rings. The van der Waals surface area contributed by atoms with Crippen molar-refractivity contribution in [1.82, 2.24) is 4.72 Å². The quantitative estimate of drug-likeness (QED) is 0.735. The first-order chi connectivity index (χ1) is 11.7. The molecule has 0 aromatic heterocycles. The minimum Gasteiger partial charge on any atom is -0.497 e. The molecule has 1 unspecified atom stereocenters. The summed E-state index contributed by atoms with van der Waals surface area (Å²) in [5.41, 5.74) is 0.316. The lowest BCUT2D eigenvalue weighted by Gasteiger charge is -2.24. The van der Waals surface area contributed by atoms with Gasteiger partial charge in [0.05, 0.1) is 18.5 Å². The molecular formula is C18H22ClNO4S. The third kappa shape index (κ3) is 6.66. The van der Waals surface area contributed by atoms with Crippen LogP contribution in [0, 0.1) is 0 Å². The summed E-state index contributed by atoms with van der Waals surface area (Å²) >= 11 is 5.79.